The van der Waals surface area contributed by atoms with Gasteiger partial charge in [-0.05, 0) is 24.1 Å². The van der Waals surface area contributed by atoms with Crippen molar-refractivity contribution in [1.29, 1.82) is 0 Å². The van der Waals surface area contributed by atoms with Crippen molar-refractivity contribution < 1.29 is 19.5 Å². The molecule has 1 atom stereocenters. The van der Waals surface area contributed by atoms with E-state index in [0.717, 1.165) is 22.0 Å². The fraction of sp³-hybridized carbons (Fsp3) is 0.333. The molecule has 0 saturated carbocycles. The summed E-state index contributed by atoms with van der Waals surface area (Å²) in [5.41, 5.74) is 3.86. The lowest BCUT2D eigenvalue weighted by Gasteiger charge is -2.30. The average Bonchev–Trinajstić information content (AvgIpc) is 3.10. The normalized spacial score (nSPS) is 19.4. The van der Waals surface area contributed by atoms with E-state index >= 15 is 0 Å². The minimum absolute atomic E-state index is 0.0274. The molecule has 0 amide bonds. The standard InChI is InChI=1S/C24H23N3O5/c1-3-24(13-28)9-21(29)32-12-17-18(24)8-20-22-16(11-27(20)23(17)30)15(10-25-31-2)14-6-4-5-7-19(14)26-22/h4-8,10,28H,3,9,11-13H2,1-2H3/b25-10+. The zero-order valence-electron chi connectivity index (χ0n) is 17.9. The number of benzene rings is 1. The van der Waals surface area contributed by atoms with E-state index < -0.39 is 11.4 Å². The number of ether oxygens (including phenoxy) is 1. The molecule has 0 spiro atoms. The summed E-state index contributed by atoms with van der Waals surface area (Å²) < 4.78 is 6.99. The molecule has 3 aromatic rings. The van der Waals surface area contributed by atoms with Gasteiger partial charge in [-0.1, -0.05) is 30.3 Å². The van der Waals surface area contributed by atoms with Gasteiger partial charge >= 0.3 is 5.97 Å². The number of aromatic nitrogens is 2. The monoisotopic (exact) mass is 433 g/mol. The summed E-state index contributed by atoms with van der Waals surface area (Å²) in [6.45, 7) is 1.88. The predicted octanol–water partition coefficient (Wildman–Crippen LogP) is 2.49. The van der Waals surface area contributed by atoms with Crippen LogP contribution in [0.15, 0.2) is 40.3 Å². The van der Waals surface area contributed by atoms with Gasteiger partial charge < -0.3 is 19.2 Å². The molecule has 32 heavy (non-hydrogen) atoms. The molecule has 5 rings (SSSR count). The van der Waals surface area contributed by atoms with Crippen molar-refractivity contribution in [3.8, 4) is 11.4 Å². The van der Waals surface area contributed by atoms with Crippen LogP contribution < -0.4 is 5.56 Å². The van der Waals surface area contributed by atoms with Gasteiger partial charge in [-0.15, -0.1) is 0 Å². The minimum Gasteiger partial charge on any atom is -0.461 e. The van der Waals surface area contributed by atoms with Gasteiger partial charge in [0, 0.05) is 21.9 Å². The first-order chi connectivity index (χ1) is 15.5. The lowest BCUT2D eigenvalue weighted by molar-refractivity contribution is -0.146. The maximum absolute atomic E-state index is 13.6. The smallest absolute Gasteiger partial charge is 0.307 e. The second-order valence-electron chi connectivity index (χ2n) is 8.23. The molecule has 0 radical (unpaired) electrons. The van der Waals surface area contributed by atoms with Crippen LogP contribution in [0.25, 0.3) is 22.3 Å². The SMILES string of the molecule is CCC1(CO)CC(=O)OCc2c1cc1n(c2=O)Cc2c-1nc1ccccc1c2/C=N/OC. The van der Waals surface area contributed by atoms with Gasteiger partial charge in [0.25, 0.3) is 5.56 Å². The Hall–Kier alpha value is -3.52. The first kappa shape index (κ1) is 20.4. The number of fused-ring (bicyclic) bond motifs is 5. The van der Waals surface area contributed by atoms with E-state index in [1.807, 2.05) is 37.3 Å². The number of aliphatic hydroxyl groups excluding tert-OH is 1. The van der Waals surface area contributed by atoms with Gasteiger partial charge in [0.2, 0.25) is 0 Å². The van der Waals surface area contributed by atoms with Crippen LogP contribution in [0.5, 0.6) is 0 Å². The highest BCUT2D eigenvalue weighted by Gasteiger charge is 2.40. The molecule has 1 N–H and O–H groups in total. The van der Waals surface area contributed by atoms with E-state index in [9.17, 15) is 14.7 Å². The summed E-state index contributed by atoms with van der Waals surface area (Å²) in [6, 6.07) is 9.63. The molecule has 0 saturated heterocycles. The predicted molar refractivity (Wildman–Crippen MR) is 119 cm³/mol. The first-order valence-corrected chi connectivity index (χ1v) is 10.5. The Kier molecular flexibility index (Phi) is 4.82. The van der Waals surface area contributed by atoms with Crippen LogP contribution in [0.1, 0.15) is 42.0 Å². The number of carbonyl (C=O) groups excluding carboxylic acids is 1. The molecule has 4 heterocycles. The highest BCUT2D eigenvalue weighted by molar-refractivity contribution is 6.02. The third kappa shape index (κ3) is 2.86. The molecule has 8 nitrogen and oxygen atoms in total. The maximum Gasteiger partial charge on any atom is 0.307 e. The summed E-state index contributed by atoms with van der Waals surface area (Å²) >= 11 is 0. The van der Waals surface area contributed by atoms with Crippen LogP contribution in [0, 0.1) is 0 Å². The summed E-state index contributed by atoms with van der Waals surface area (Å²) in [5, 5.41) is 15.2. The molecule has 1 aromatic carbocycles. The Morgan fingerprint density at radius 2 is 2.12 bits per heavy atom. The molecule has 2 aliphatic rings. The van der Waals surface area contributed by atoms with E-state index in [0.29, 0.717) is 35.5 Å². The van der Waals surface area contributed by atoms with Gasteiger partial charge in [0.05, 0.1) is 48.3 Å². The number of hydrogen-bond acceptors (Lipinski definition) is 7. The van der Waals surface area contributed by atoms with Crippen molar-refractivity contribution in [2.24, 2.45) is 5.16 Å². The molecule has 1 unspecified atom stereocenters. The number of cyclic esters (lactones) is 1. The van der Waals surface area contributed by atoms with Crippen LogP contribution in [-0.4, -0.2) is 40.6 Å². The number of para-hydroxylation sites is 1. The number of esters is 1. The third-order valence-corrected chi connectivity index (χ3v) is 6.69. The Balaban J connectivity index is 1.82. The Labute approximate surface area is 184 Å². The topological polar surface area (TPSA) is 103 Å². The molecule has 0 fully saturated rings. The molecule has 0 aliphatic carbocycles. The van der Waals surface area contributed by atoms with E-state index in [4.69, 9.17) is 14.6 Å². The van der Waals surface area contributed by atoms with Gasteiger partial charge in [-0.3, -0.25) is 9.59 Å². The lowest BCUT2D eigenvalue weighted by Crippen LogP contribution is -2.35. The summed E-state index contributed by atoms with van der Waals surface area (Å²) in [6.07, 6.45) is 2.18. The van der Waals surface area contributed by atoms with Crippen molar-refractivity contribution >= 4 is 23.1 Å². The summed E-state index contributed by atoms with van der Waals surface area (Å²) in [7, 11) is 1.48. The number of nitrogens with zero attached hydrogens (tertiary/aromatic N) is 3. The van der Waals surface area contributed by atoms with Crippen molar-refractivity contribution in [2.45, 2.75) is 38.3 Å². The number of oxime groups is 1. The summed E-state index contributed by atoms with van der Waals surface area (Å²) in [4.78, 5) is 35.6. The summed E-state index contributed by atoms with van der Waals surface area (Å²) in [5.74, 6) is -0.413. The van der Waals surface area contributed by atoms with Gasteiger partial charge in [0.15, 0.2) is 0 Å². The van der Waals surface area contributed by atoms with E-state index in [-0.39, 0.29) is 25.2 Å². The molecule has 8 heteroatoms. The average molecular weight is 433 g/mol. The van der Waals surface area contributed by atoms with Crippen molar-refractivity contribution in [2.75, 3.05) is 13.7 Å². The third-order valence-electron chi connectivity index (χ3n) is 6.69. The molecule has 2 aliphatic heterocycles. The fourth-order valence-corrected chi connectivity index (χ4v) is 4.86. The van der Waals surface area contributed by atoms with Crippen molar-refractivity contribution in [3.05, 3.63) is 62.9 Å². The minimum atomic E-state index is -0.863. The fourth-order valence-electron chi connectivity index (χ4n) is 4.86. The largest absolute Gasteiger partial charge is 0.461 e. The highest BCUT2D eigenvalue weighted by atomic mass is 16.6. The van der Waals surface area contributed by atoms with E-state index in [1.54, 1.807) is 10.8 Å². The van der Waals surface area contributed by atoms with Gasteiger partial charge in [-0.25, -0.2) is 4.98 Å². The van der Waals surface area contributed by atoms with Crippen LogP contribution in [0.4, 0.5) is 0 Å². The van der Waals surface area contributed by atoms with Gasteiger partial charge in [-0.2, -0.15) is 0 Å². The Morgan fingerprint density at radius 3 is 2.88 bits per heavy atom. The number of carbonyl (C=O) groups is 1. The highest BCUT2D eigenvalue weighted by Crippen LogP contribution is 2.41. The van der Waals surface area contributed by atoms with Crippen molar-refractivity contribution in [1.82, 2.24) is 9.55 Å². The van der Waals surface area contributed by atoms with Crippen LogP contribution in [-0.2, 0) is 32.9 Å². The van der Waals surface area contributed by atoms with Crippen LogP contribution in [0.2, 0.25) is 0 Å². The zero-order chi connectivity index (χ0) is 22.5. The van der Waals surface area contributed by atoms with Crippen LogP contribution >= 0.6 is 0 Å². The molecular weight excluding hydrogens is 410 g/mol. The number of pyridine rings is 2. The zero-order valence-corrected chi connectivity index (χ0v) is 17.9. The molecular formula is C24H23N3O5. The molecule has 164 valence electrons. The molecule has 2 aromatic heterocycles. The van der Waals surface area contributed by atoms with E-state index in [1.165, 1.54) is 7.11 Å². The quantitative estimate of drug-likeness (QED) is 0.301. The second-order valence-corrected chi connectivity index (χ2v) is 8.23. The van der Waals surface area contributed by atoms with Crippen LogP contribution in [0.3, 0.4) is 0 Å². The number of aliphatic hydroxyl groups is 1. The maximum atomic E-state index is 13.6. The Bertz CT molecular complexity index is 1340. The van der Waals surface area contributed by atoms with E-state index in [2.05, 4.69) is 5.16 Å². The van der Waals surface area contributed by atoms with Crippen molar-refractivity contribution in [3.63, 3.8) is 0 Å². The number of rotatable bonds is 4. The molecule has 0 bridgehead atoms. The first-order valence-electron chi connectivity index (χ1n) is 10.5. The number of hydrogen-bond donors (Lipinski definition) is 1. The van der Waals surface area contributed by atoms with Gasteiger partial charge in [0.1, 0.15) is 13.7 Å². The second kappa shape index (κ2) is 7.56. The lowest BCUT2D eigenvalue weighted by atomic mass is 9.74. The Morgan fingerprint density at radius 1 is 1.31 bits per heavy atom.